The highest BCUT2D eigenvalue weighted by Gasteiger charge is 2.37. The second-order valence-electron chi connectivity index (χ2n) is 4.69. The molecule has 2 bridgehead atoms. The zero-order valence-corrected chi connectivity index (χ0v) is 9.23. The molecule has 3 rings (SSSR count). The maximum Gasteiger partial charge on any atom is 0.145 e. The van der Waals surface area contributed by atoms with Crippen LogP contribution in [0.1, 0.15) is 0 Å². The van der Waals surface area contributed by atoms with Crippen molar-refractivity contribution in [2.75, 3.05) is 31.1 Å². The molecule has 2 atom stereocenters. The smallest absolute Gasteiger partial charge is 0.145 e. The Bertz CT molecular complexity index is 374. The number of nitrogens with one attached hydrogen (secondary N) is 1. The highest BCUT2D eigenvalue weighted by atomic mass is 16.1. The number of piperidine rings is 2. The molecule has 0 aromatic heterocycles. The second kappa shape index (κ2) is 3.91. The first-order valence-corrected chi connectivity index (χ1v) is 5.89. The summed E-state index contributed by atoms with van der Waals surface area (Å²) in [5.41, 5.74) is 1.24. The van der Waals surface area contributed by atoms with Crippen LogP contribution in [0.3, 0.4) is 0 Å². The third-order valence-corrected chi connectivity index (χ3v) is 3.59. The van der Waals surface area contributed by atoms with Crippen molar-refractivity contribution in [1.82, 2.24) is 5.32 Å². The molecule has 3 heteroatoms. The van der Waals surface area contributed by atoms with E-state index >= 15 is 0 Å². The van der Waals surface area contributed by atoms with Crippen molar-refractivity contribution < 1.29 is 4.79 Å². The molecule has 2 aliphatic heterocycles. The predicted molar refractivity (Wildman–Crippen MR) is 63.5 cm³/mol. The van der Waals surface area contributed by atoms with E-state index in [0.29, 0.717) is 5.78 Å². The molecule has 1 aromatic rings. The third-order valence-electron chi connectivity index (χ3n) is 3.59. The van der Waals surface area contributed by atoms with Gasteiger partial charge in [-0.2, -0.15) is 0 Å². The van der Waals surface area contributed by atoms with Gasteiger partial charge in [-0.1, -0.05) is 18.2 Å². The molecule has 0 saturated carbocycles. The molecule has 0 spiro atoms. The van der Waals surface area contributed by atoms with Crippen LogP contribution in [-0.4, -0.2) is 32.0 Å². The molecule has 1 N–H and O–H groups in total. The molecule has 84 valence electrons. The Morgan fingerprint density at radius 2 is 1.69 bits per heavy atom. The molecule has 16 heavy (non-hydrogen) atoms. The van der Waals surface area contributed by atoms with Gasteiger partial charge in [0, 0.05) is 43.7 Å². The van der Waals surface area contributed by atoms with Crippen molar-refractivity contribution in [1.29, 1.82) is 0 Å². The van der Waals surface area contributed by atoms with E-state index in [4.69, 9.17) is 0 Å². The van der Waals surface area contributed by atoms with Crippen molar-refractivity contribution in [2.24, 2.45) is 11.8 Å². The lowest BCUT2D eigenvalue weighted by molar-refractivity contribution is -0.129. The number of anilines is 1. The lowest BCUT2D eigenvalue weighted by Crippen LogP contribution is -2.57. The van der Waals surface area contributed by atoms with Gasteiger partial charge in [-0.25, -0.2) is 0 Å². The first-order valence-electron chi connectivity index (χ1n) is 5.89. The topological polar surface area (TPSA) is 32.3 Å². The Morgan fingerprint density at radius 3 is 2.31 bits per heavy atom. The predicted octanol–water partition coefficient (Wildman–Crippen LogP) is 0.911. The van der Waals surface area contributed by atoms with Gasteiger partial charge in [-0.05, 0) is 12.1 Å². The standard InChI is InChI=1S/C13H16N2O/c16-13-10-6-14-7-11(13)9-15(8-10)12-4-2-1-3-5-12/h1-5,10-11,14H,6-9H2. The van der Waals surface area contributed by atoms with Gasteiger partial charge >= 0.3 is 0 Å². The molecule has 0 aliphatic carbocycles. The van der Waals surface area contributed by atoms with Gasteiger partial charge in [0.05, 0.1) is 0 Å². The lowest BCUT2D eigenvalue weighted by atomic mass is 9.84. The normalized spacial score (nSPS) is 29.2. The summed E-state index contributed by atoms with van der Waals surface area (Å²) in [6.45, 7) is 3.43. The number of para-hydroxylation sites is 1. The number of rotatable bonds is 1. The van der Waals surface area contributed by atoms with Crippen molar-refractivity contribution in [3.05, 3.63) is 30.3 Å². The van der Waals surface area contributed by atoms with E-state index in [1.54, 1.807) is 0 Å². The van der Waals surface area contributed by atoms with Crippen LogP contribution in [0.4, 0.5) is 5.69 Å². The Balaban J connectivity index is 1.83. The number of fused-ring (bicyclic) bond motifs is 2. The number of Topliss-reactive ketones (excluding diaryl/α,β-unsaturated/α-hetero) is 1. The number of nitrogens with zero attached hydrogens (tertiary/aromatic N) is 1. The Hall–Kier alpha value is -1.35. The van der Waals surface area contributed by atoms with Crippen LogP contribution >= 0.6 is 0 Å². The largest absolute Gasteiger partial charge is 0.370 e. The highest BCUT2D eigenvalue weighted by molar-refractivity contribution is 5.87. The molecule has 0 amide bonds. The number of hydrogen-bond donors (Lipinski definition) is 1. The van der Waals surface area contributed by atoms with Gasteiger partial charge in [-0.15, -0.1) is 0 Å². The van der Waals surface area contributed by atoms with Crippen LogP contribution in [0, 0.1) is 11.8 Å². The molecular weight excluding hydrogens is 200 g/mol. The fourth-order valence-electron chi connectivity index (χ4n) is 2.73. The van der Waals surface area contributed by atoms with Gasteiger partial charge in [-0.3, -0.25) is 4.79 Å². The fourth-order valence-corrected chi connectivity index (χ4v) is 2.73. The lowest BCUT2D eigenvalue weighted by Gasteiger charge is -2.41. The van der Waals surface area contributed by atoms with Crippen molar-refractivity contribution in [3.8, 4) is 0 Å². The average Bonchev–Trinajstić information content (AvgIpc) is 2.30. The number of hydrogen-bond acceptors (Lipinski definition) is 3. The first-order chi connectivity index (χ1) is 7.84. The molecule has 2 heterocycles. The zero-order chi connectivity index (χ0) is 11.0. The summed E-state index contributed by atoms with van der Waals surface area (Å²) >= 11 is 0. The van der Waals surface area contributed by atoms with Crippen LogP contribution in [0.5, 0.6) is 0 Å². The number of benzene rings is 1. The summed E-state index contributed by atoms with van der Waals surface area (Å²) in [6, 6.07) is 10.4. The van der Waals surface area contributed by atoms with E-state index in [1.807, 2.05) is 6.07 Å². The Labute approximate surface area is 95.4 Å². The Morgan fingerprint density at radius 1 is 1.06 bits per heavy atom. The fraction of sp³-hybridized carbons (Fsp3) is 0.462. The van der Waals surface area contributed by atoms with Gasteiger partial charge in [0.25, 0.3) is 0 Å². The number of carbonyl (C=O) groups excluding carboxylic acids is 1. The van der Waals surface area contributed by atoms with Crippen molar-refractivity contribution in [2.45, 2.75) is 0 Å². The molecule has 0 radical (unpaired) electrons. The maximum atomic E-state index is 11.9. The van der Waals surface area contributed by atoms with E-state index in [2.05, 4.69) is 34.5 Å². The third kappa shape index (κ3) is 1.61. The van der Waals surface area contributed by atoms with E-state index in [-0.39, 0.29) is 11.8 Å². The number of ketones is 1. The van der Waals surface area contributed by atoms with E-state index in [0.717, 1.165) is 26.2 Å². The zero-order valence-electron chi connectivity index (χ0n) is 9.23. The van der Waals surface area contributed by atoms with Gasteiger partial charge in [0.15, 0.2) is 0 Å². The van der Waals surface area contributed by atoms with E-state index < -0.39 is 0 Å². The molecule has 3 nitrogen and oxygen atoms in total. The van der Waals surface area contributed by atoms with Crippen LogP contribution in [0.15, 0.2) is 30.3 Å². The van der Waals surface area contributed by atoms with Crippen LogP contribution in [0.2, 0.25) is 0 Å². The Kier molecular flexibility index (Phi) is 2.40. The highest BCUT2D eigenvalue weighted by Crippen LogP contribution is 2.25. The molecule has 2 aliphatic rings. The first kappa shape index (κ1) is 9.85. The van der Waals surface area contributed by atoms with Crippen LogP contribution in [-0.2, 0) is 4.79 Å². The molecule has 2 unspecified atom stereocenters. The average molecular weight is 216 g/mol. The van der Waals surface area contributed by atoms with Crippen LogP contribution < -0.4 is 10.2 Å². The summed E-state index contributed by atoms with van der Waals surface area (Å²) in [5, 5.41) is 3.34. The minimum absolute atomic E-state index is 0.188. The van der Waals surface area contributed by atoms with Crippen molar-refractivity contribution >= 4 is 11.5 Å². The monoisotopic (exact) mass is 216 g/mol. The molecule has 2 fully saturated rings. The summed E-state index contributed by atoms with van der Waals surface area (Å²) in [4.78, 5) is 14.3. The summed E-state index contributed by atoms with van der Waals surface area (Å²) < 4.78 is 0. The number of carbonyl (C=O) groups is 1. The minimum atomic E-state index is 0.188. The second-order valence-corrected chi connectivity index (χ2v) is 4.69. The summed E-state index contributed by atoms with van der Waals surface area (Å²) in [5.74, 6) is 0.839. The van der Waals surface area contributed by atoms with E-state index in [1.165, 1.54) is 5.69 Å². The summed E-state index contributed by atoms with van der Waals surface area (Å²) in [6.07, 6.45) is 0. The van der Waals surface area contributed by atoms with Gasteiger partial charge in [0.2, 0.25) is 0 Å². The molecule has 2 saturated heterocycles. The minimum Gasteiger partial charge on any atom is -0.370 e. The quantitative estimate of drug-likeness (QED) is 0.757. The SMILES string of the molecule is O=C1C2CNCC1CN(c1ccccc1)C2. The van der Waals surface area contributed by atoms with Gasteiger partial charge in [0.1, 0.15) is 5.78 Å². The molecular formula is C13H16N2O. The van der Waals surface area contributed by atoms with Crippen LogP contribution in [0.25, 0.3) is 0 Å². The van der Waals surface area contributed by atoms with Crippen molar-refractivity contribution in [3.63, 3.8) is 0 Å². The van der Waals surface area contributed by atoms with Gasteiger partial charge < -0.3 is 10.2 Å². The summed E-state index contributed by atoms with van der Waals surface area (Å²) in [7, 11) is 0. The molecule has 1 aromatic carbocycles. The van der Waals surface area contributed by atoms with E-state index in [9.17, 15) is 4.79 Å². The maximum absolute atomic E-state index is 11.9.